The molecule has 0 bridgehead atoms. The van der Waals surface area contributed by atoms with E-state index in [1.165, 1.54) is 5.69 Å². The summed E-state index contributed by atoms with van der Waals surface area (Å²) in [5.41, 5.74) is 7.26. The van der Waals surface area contributed by atoms with Crippen LogP contribution in [0.15, 0.2) is 12.5 Å². The number of imidazole rings is 1. The molecule has 72 valence electrons. The molecule has 0 unspecified atom stereocenters. The highest BCUT2D eigenvalue weighted by Gasteiger charge is 2.58. The molecule has 1 aliphatic rings. The first-order chi connectivity index (χ1) is 6.07. The van der Waals surface area contributed by atoms with Crippen molar-refractivity contribution in [1.29, 1.82) is 0 Å². The molecule has 0 radical (unpaired) electrons. The van der Waals surface area contributed by atoms with E-state index >= 15 is 0 Å². The number of nitrogens with two attached hydrogens (primary N) is 1. The normalized spacial score (nSPS) is 30.5. The molecule has 1 aromatic rings. The quantitative estimate of drug-likeness (QED) is 0.739. The molecule has 1 fully saturated rings. The van der Waals surface area contributed by atoms with E-state index in [1.54, 1.807) is 0 Å². The van der Waals surface area contributed by atoms with E-state index in [0.717, 1.165) is 6.54 Å². The summed E-state index contributed by atoms with van der Waals surface area (Å²) >= 11 is 0. The molecule has 2 N–H and O–H groups in total. The molecule has 13 heavy (non-hydrogen) atoms. The lowest BCUT2D eigenvalue weighted by Crippen LogP contribution is -2.05. The Kier molecular flexibility index (Phi) is 1.74. The van der Waals surface area contributed by atoms with Crippen LogP contribution >= 0.6 is 0 Å². The van der Waals surface area contributed by atoms with Crippen molar-refractivity contribution in [3.05, 3.63) is 18.2 Å². The predicted octanol–water partition coefficient (Wildman–Crippen LogP) is 1.12. The van der Waals surface area contributed by atoms with Crippen LogP contribution in [0.3, 0.4) is 0 Å². The predicted molar refractivity (Wildman–Crippen MR) is 52.3 cm³/mol. The zero-order chi connectivity index (χ0) is 9.64. The van der Waals surface area contributed by atoms with E-state index in [9.17, 15) is 0 Å². The molecule has 2 rings (SSSR count). The average Bonchev–Trinajstić information content (AvgIpc) is 2.41. The molecule has 1 aliphatic carbocycles. The highest BCUT2D eigenvalue weighted by atomic mass is 15.0. The van der Waals surface area contributed by atoms with E-state index in [2.05, 4.69) is 25.0 Å². The van der Waals surface area contributed by atoms with E-state index in [-0.39, 0.29) is 0 Å². The Morgan fingerprint density at radius 1 is 1.62 bits per heavy atom. The van der Waals surface area contributed by atoms with Crippen LogP contribution in [0.5, 0.6) is 0 Å². The second kappa shape index (κ2) is 2.58. The second-order valence-corrected chi connectivity index (χ2v) is 4.61. The third-order valence-electron chi connectivity index (χ3n) is 3.35. The molecule has 0 aliphatic heterocycles. The van der Waals surface area contributed by atoms with Crippen LogP contribution in [0.2, 0.25) is 0 Å². The van der Waals surface area contributed by atoms with Crippen LogP contribution in [0.25, 0.3) is 0 Å². The van der Waals surface area contributed by atoms with Gasteiger partial charge in [0.1, 0.15) is 0 Å². The van der Waals surface area contributed by atoms with Gasteiger partial charge in [-0.2, -0.15) is 0 Å². The smallest absolute Gasteiger partial charge is 0.0946 e. The van der Waals surface area contributed by atoms with Gasteiger partial charge in [0.2, 0.25) is 0 Å². The standard InChI is InChI=1S/C10H17N3/c1-10(2)7(4-11)9(10)8-5-13(3)6-12-8/h5-7,9H,4,11H2,1-3H3/t7-,9+/m0/s1. The van der Waals surface area contributed by atoms with Gasteiger partial charge < -0.3 is 10.3 Å². The van der Waals surface area contributed by atoms with E-state index in [4.69, 9.17) is 5.73 Å². The number of hydrogen-bond donors (Lipinski definition) is 1. The van der Waals surface area contributed by atoms with Gasteiger partial charge in [-0.15, -0.1) is 0 Å². The van der Waals surface area contributed by atoms with E-state index < -0.39 is 0 Å². The molecule has 1 heterocycles. The summed E-state index contributed by atoms with van der Waals surface area (Å²) in [5, 5.41) is 0. The van der Waals surface area contributed by atoms with Crippen molar-refractivity contribution in [2.45, 2.75) is 19.8 Å². The zero-order valence-electron chi connectivity index (χ0n) is 8.49. The third kappa shape index (κ3) is 1.18. The van der Waals surface area contributed by atoms with Crippen molar-refractivity contribution in [3.8, 4) is 0 Å². The first-order valence-corrected chi connectivity index (χ1v) is 4.75. The van der Waals surface area contributed by atoms with Crippen molar-refractivity contribution in [2.75, 3.05) is 6.54 Å². The molecule has 2 atom stereocenters. The van der Waals surface area contributed by atoms with Crippen molar-refractivity contribution in [1.82, 2.24) is 9.55 Å². The molecule has 0 amide bonds. The molecule has 0 aromatic carbocycles. The fraction of sp³-hybridized carbons (Fsp3) is 0.700. The summed E-state index contributed by atoms with van der Waals surface area (Å²) in [6.07, 6.45) is 3.96. The van der Waals surface area contributed by atoms with Crippen LogP contribution in [0.1, 0.15) is 25.5 Å². The lowest BCUT2D eigenvalue weighted by Gasteiger charge is -1.98. The van der Waals surface area contributed by atoms with Gasteiger partial charge in [0.15, 0.2) is 0 Å². The minimum atomic E-state index is 0.350. The minimum Gasteiger partial charge on any atom is -0.340 e. The Hall–Kier alpha value is -0.830. The minimum absolute atomic E-state index is 0.350. The first kappa shape index (κ1) is 8.75. The molecule has 3 nitrogen and oxygen atoms in total. The summed E-state index contributed by atoms with van der Waals surface area (Å²) in [6.45, 7) is 5.31. The van der Waals surface area contributed by atoms with E-state index in [0.29, 0.717) is 17.3 Å². The number of nitrogens with zero attached hydrogens (tertiary/aromatic N) is 2. The monoisotopic (exact) mass is 179 g/mol. The Morgan fingerprint density at radius 3 is 2.69 bits per heavy atom. The van der Waals surface area contributed by atoms with Crippen LogP contribution in [0, 0.1) is 11.3 Å². The summed E-state index contributed by atoms with van der Waals surface area (Å²) in [7, 11) is 2.00. The number of rotatable bonds is 2. The van der Waals surface area contributed by atoms with E-state index in [1.807, 2.05) is 17.9 Å². The van der Waals surface area contributed by atoms with Gasteiger partial charge in [0.25, 0.3) is 0 Å². The summed E-state index contributed by atoms with van der Waals surface area (Å²) < 4.78 is 2.00. The maximum atomic E-state index is 5.71. The fourth-order valence-electron chi connectivity index (χ4n) is 2.36. The summed E-state index contributed by atoms with van der Waals surface area (Å²) in [6, 6.07) is 0. The molecule has 1 aromatic heterocycles. The first-order valence-electron chi connectivity index (χ1n) is 4.75. The molecule has 1 saturated carbocycles. The van der Waals surface area contributed by atoms with Crippen molar-refractivity contribution < 1.29 is 0 Å². The van der Waals surface area contributed by atoms with Gasteiger partial charge in [0, 0.05) is 19.2 Å². The summed E-state index contributed by atoms with van der Waals surface area (Å²) in [4.78, 5) is 4.38. The molecule has 3 heteroatoms. The number of aromatic nitrogens is 2. The molecule has 0 spiro atoms. The Morgan fingerprint density at radius 2 is 2.31 bits per heavy atom. The van der Waals surface area contributed by atoms with Crippen molar-refractivity contribution >= 4 is 0 Å². The number of hydrogen-bond acceptors (Lipinski definition) is 2. The Labute approximate surface area is 79.0 Å². The van der Waals surface area contributed by atoms with Crippen molar-refractivity contribution in [2.24, 2.45) is 24.1 Å². The lowest BCUT2D eigenvalue weighted by atomic mass is 10.1. The van der Waals surface area contributed by atoms with Crippen LogP contribution < -0.4 is 5.73 Å². The fourth-order valence-corrected chi connectivity index (χ4v) is 2.36. The molecular formula is C10H17N3. The van der Waals surface area contributed by atoms with Crippen LogP contribution in [-0.4, -0.2) is 16.1 Å². The largest absolute Gasteiger partial charge is 0.340 e. The van der Waals surface area contributed by atoms with Gasteiger partial charge in [-0.1, -0.05) is 13.8 Å². The van der Waals surface area contributed by atoms with Crippen LogP contribution in [-0.2, 0) is 7.05 Å². The average molecular weight is 179 g/mol. The Bertz CT molecular complexity index is 314. The molecular weight excluding hydrogens is 162 g/mol. The van der Waals surface area contributed by atoms with Crippen molar-refractivity contribution in [3.63, 3.8) is 0 Å². The van der Waals surface area contributed by atoms with Gasteiger partial charge in [0.05, 0.1) is 12.0 Å². The topological polar surface area (TPSA) is 43.8 Å². The SMILES string of the molecule is Cn1cnc([C@H]2[C@H](CN)C2(C)C)c1. The zero-order valence-corrected chi connectivity index (χ0v) is 8.49. The molecule has 0 saturated heterocycles. The Balaban J connectivity index is 2.21. The van der Waals surface area contributed by atoms with Gasteiger partial charge in [-0.05, 0) is 17.9 Å². The second-order valence-electron chi connectivity index (χ2n) is 4.61. The summed E-state index contributed by atoms with van der Waals surface area (Å²) in [5.74, 6) is 1.18. The van der Waals surface area contributed by atoms with Crippen LogP contribution in [0.4, 0.5) is 0 Å². The van der Waals surface area contributed by atoms with Gasteiger partial charge >= 0.3 is 0 Å². The third-order valence-corrected chi connectivity index (χ3v) is 3.35. The highest BCUT2D eigenvalue weighted by Crippen LogP contribution is 2.63. The maximum absolute atomic E-state index is 5.71. The number of aryl methyl sites for hydroxylation is 1. The highest BCUT2D eigenvalue weighted by molar-refractivity contribution is 5.24. The van der Waals surface area contributed by atoms with Gasteiger partial charge in [-0.25, -0.2) is 4.98 Å². The maximum Gasteiger partial charge on any atom is 0.0946 e. The lowest BCUT2D eigenvalue weighted by molar-refractivity contribution is 0.557. The van der Waals surface area contributed by atoms with Gasteiger partial charge in [-0.3, -0.25) is 0 Å².